The molecule has 1 aliphatic heterocycles. The molecule has 7 heteroatoms. The molecule has 0 radical (unpaired) electrons. The molecule has 1 heterocycles. The van der Waals surface area contributed by atoms with Gasteiger partial charge in [0.25, 0.3) is 11.8 Å². The summed E-state index contributed by atoms with van der Waals surface area (Å²) in [6.45, 7) is 1.39. The van der Waals surface area contributed by atoms with Gasteiger partial charge in [0, 0.05) is 36.8 Å². The minimum Gasteiger partial charge on any atom is -0.396 e. The number of carbonyl (C=O) groups is 2. The molecule has 1 aromatic carbocycles. The Balaban J connectivity index is 1.78. The molecule has 1 saturated heterocycles. The zero-order valence-electron chi connectivity index (χ0n) is 13.6. The van der Waals surface area contributed by atoms with E-state index in [-0.39, 0.29) is 18.4 Å². The highest BCUT2D eigenvalue weighted by molar-refractivity contribution is 7.99. The standard InChI is InChI=1S/C17H24N2O4S/c20-8-3-10-24-11-7-18-16(21)13-4-1-5-14(12-13)19-17(22)15-6-2-9-23-15/h1,4-5,12,15,20H,2-3,6-11H2,(H,18,21)(H,19,22). The fourth-order valence-corrected chi connectivity index (χ4v) is 3.14. The summed E-state index contributed by atoms with van der Waals surface area (Å²) in [5.41, 5.74) is 1.11. The van der Waals surface area contributed by atoms with Crippen LogP contribution >= 0.6 is 11.8 Å². The summed E-state index contributed by atoms with van der Waals surface area (Å²) in [5, 5.41) is 14.3. The van der Waals surface area contributed by atoms with E-state index >= 15 is 0 Å². The second kappa shape index (κ2) is 10.3. The topological polar surface area (TPSA) is 87.7 Å². The Bertz CT molecular complexity index is 547. The highest BCUT2D eigenvalue weighted by atomic mass is 32.2. The lowest BCUT2D eigenvalue weighted by atomic mass is 10.1. The van der Waals surface area contributed by atoms with Crippen LogP contribution in [0.15, 0.2) is 24.3 Å². The van der Waals surface area contributed by atoms with E-state index in [4.69, 9.17) is 9.84 Å². The highest BCUT2D eigenvalue weighted by Gasteiger charge is 2.23. The van der Waals surface area contributed by atoms with Crippen molar-refractivity contribution >= 4 is 29.3 Å². The van der Waals surface area contributed by atoms with E-state index in [0.717, 1.165) is 30.8 Å². The normalized spacial score (nSPS) is 16.8. The molecule has 1 aliphatic rings. The zero-order chi connectivity index (χ0) is 17.2. The first kappa shape index (κ1) is 18.8. The van der Waals surface area contributed by atoms with Crippen molar-refractivity contribution in [3.8, 4) is 0 Å². The van der Waals surface area contributed by atoms with Crippen LogP contribution in [0.4, 0.5) is 5.69 Å². The second-order valence-corrected chi connectivity index (χ2v) is 6.74. The Morgan fingerprint density at radius 3 is 2.96 bits per heavy atom. The number of ether oxygens (including phenoxy) is 1. The lowest BCUT2D eigenvalue weighted by molar-refractivity contribution is -0.124. The maximum atomic E-state index is 12.1. The smallest absolute Gasteiger partial charge is 0.253 e. The molecule has 0 bridgehead atoms. The van der Waals surface area contributed by atoms with E-state index in [0.29, 0.717) is 24.4 Å². The van der Waals surface area contributed by atoms with Gasteiger partial charge in [-0.3, -0.25) is 9.59 Å². The molecule has 6 nitrogen and oxygen atoms in total. The van der Waals surface area contributed by atoms with Gasteiger partial charge in [0.1, 0.15) is 6.10 Å². The van der Waals surface area contributed by atoms with Gasteiger partial charge in [-0.1, -0.05) is 6.07 Å². The number of carbonyl (C=O) groups excluding carboxylic acids is 2. The molecule has 0 saturated carbocycles. The van der Waals surface area contributed by atoms with Crippen LogP contribution < -0.4 is 10.6 Å². The highest BCUT2D eigenvalue weighted by Crippen LogP contribution is 2.16. The zero-order valence-corrected chi connectivity index (χ0v) is 14.4. The number of hydrogen-bond donors (Lipinski definition) is 3. The van der Waals surface area contributed by atoms with Crippen molar-refractivity contribution < 1.29 is 19.4 Å². The summed E-state index contributed by atoms with van der Waals surface area (Å²) in [6, 6.07) is 6.89. The van der Waals surface area contributed by atoms with Crippen LogP contribution in [0.5, 0.6) is 0 Å². The molecule has 2 rings (SSSR count). The molecule has 24 heavy (non-hydrogen) atoms. The van der Waals surface area contributed by atoms with Gasteiger partial charge in [0.2, 0.25) is 0 Å². The Morgan fingerprint density at radius 2 is 2.21 bits per heavy atom. The third-order valence-electron chi connectivity index (χ3n) is 3.59. The van der Waals surface area contributed by atoms with Gasteiger partial charge in [-0.25, -0.2) is 0 Å². The number of amides is 2. The molecule has 1 unspecified atom stereocenters. The van der Waals surface area contributed by atoms with Gasteiger partial charge < -0.3 is 20.5 Å². The van der Waals surface area contributed by atoms with Crippen molar-refractivity contribution in [1.82, 2.24) is 5.32 Å². The Morgan fingerprint density at radius 1 is 1.33 bits per heavy atom. The fourth-order valence-electron chi connectivity index (χ4n) is 2.35. The Kier molecular flexibility index (Phi) is 8.07. The lowest BCUT2D eigenvalue weighted by Gasteiger charge is -2.11. The average molecular weight is 352 g/mol. The van der Waals surface area contributed by atoms with Crippen molar-refractivity contribution in [1.29, 1.82) is 0 Å². The molecule has 0 aromatic heterocycles. The molecule has 1 aromatic rings. The van der Waals surface area contributed by atoms with Crippen LogP contribution in [0.1, 0.15) is 29.6 Å². The molecule has 1 atom stereocenters. The van der Waals surface area contributed by atoms with E-state index in [1.54, 1.807) is 36.0 Å². The number of rotatable bonds is 9. The van der Waals surface area contributed by atoms with Crippen LogP contribution in [0, 0.1) is 0 Å². The number of hydrogen-bond acceptors (Lipinski definition) is 5. The van der Waals surface area contributed by atoms with Gasteiger partial charge in [-0.15, -0.1) is 0 Å². The maximum Gasteiger partial charge on any atom is 0.253 e. The fraction of sp³-hybridized carbons (Fsp3) is 0.529. The Hall–Kier alpha value is -1.57. The number of thioether (sulfide) groups is 1. The maximum absolute atomic E-state index is 12.1. The monoisotopic (exact) mass is 352 g/mol. The SMILES string of the molecule is O=C(NCCSCCCO)c1cccc(NC(=O)C2CCCO2)c1. The number of aliphatic hydroxyl groups excluding tert-OH is 1. The van der Waals surface area contributed by atoms with Gasteiger partial charge in [0.05, 0.1) is 0 Å². The van der Waals surface area contributed by atoms with Crippen LogP contribution in [-0.4, -0.2) is 54.3 Å². The Labute approximate surface area is 146 Å². The molecule has 2 amide bonds. The summed E-state index contributed by atoms with van der Waals surface area (Å²) < 4.78 is 5.35. The number of anilines is 1. The third-order valence-corrected chi connectivity index (χ3v) is 4.66. The van der Waals surface area contributed by atoms with Crippen LogP contribution in [0.25, 0.3) is 0 Å². The average Bonchev–Trinajstić information content (AvgIpc) is 3.13. The minimum atomic E-state index is -0.390. The predicted molar refractivity (Wildman–Crippen MR) is 95.4 cm³/mol. The summed E-state index contributed by atoms with van der Waals surface area (Å²) in [5.74, 6) is 1.37. The first-order valence-corrected chi connectivity index (χ1v) is 9.35. The molecular formula is C17H24N2O4S. The lowest BCUT2D eigenvalue weighted by Crippen LogP contribution is -2.28. The van der Waals surface area contributed by atoms with Gasteiger partial charge >= 0.3 is 0 Å². The second-order valence-electron chi connectivity index (χ2n) is 5.52. The molecule has 0 spiro atoms. The van der Waals surface area contributed by atoms with Crippen LogP contribution in [-0.2, 0) is 9.53 Å². The first-order valence-electron chi connectivity index (χ1n) is 8.20. The summed E-state index contributed by atoms with van der Waals surface area (Å²) in [6.07, 6.45) is 2.01. The van der Waals surface area contributed by atoms with Crippen molar-refractivity contribution in [2.24, 2.45) is 0 Å². The van der Waals surface area contributed by atoms with Crippen LogP contribution in [0.3, 0.4) is 0 Å². The van der Waals surface area contributed by atoms with Gasteiger partial charge in [0.15, 0.2) is 0 Å². The number of benzene rings is 1. The number of aliphatic hydroxyl groups is 1. The van der Waals surface area contributed by atoms with E-state index in [2.05, 4.69) is 10.6 Å². The largest absolute Gasteiger partial charge is 0.396 e. The van der Waals surface area contributed by atoms with E-state index in [1.165, 1.54) is 0 Å². The molecule has 1 fully saturated rings. The summed E-state index contributed by atoms with van der Waals surface area (Å²) >= 11 is 1.70. The number of nitrogens with one attached hydrogen (secondary N) is 2. The van der Waals surface area contributed by atoms with Crippen molar-refractivity contribution in [2.45, 2.75) is 25.4 Å². The predicted octanol–water partition coefficient (Wildman–Crippen LogP) is 1.65. The first-order chi connectivity index (χ1) is 11.7. The summed E-state index contributed by atoms with van der Waals surface area (Å²) in [7, 11) is 0. The van der Waals surface area contributed by atoms with E-state index in [1.807, 2.05) is 0 Å². The third kappa shape index (κ3) is 6.14. The van der Waals surface area contributed by atoms with E-state index < -0.39 is 6.10 Å². The molecule has 3 N–H and O–H groups in total. The quantitative estimate of drug-likeness (QED) is 0.588. The van der Waals surface area contributed by atoms with Gasteiger partial charge in [-0.05, 0) is 43.2 Å². The molecular weight excluding hydrogens is 328 g/mol. The molecule has 132 valence electrons. The van der Waals surface area contributed by atoms with Crippen LogP contribution in [0.2, 0.25) is 0 Å². The minimum absolute atomic E-state index is 0.161. The summed E-state index contributed by atoms with van der Waals surface area (Å²) in [4.78, 5) is 24.2. The van der Waals surface area contributed by atoms with Crippen molar-refractivity contribution in [3.05, 3.63) is 29.8 Å². The van der Waals surface area contributed by atoms with Gasteiger partial charge in [-0.2, -0.15) is 11.8 Å². The van der Waals surface area contributed by atoms with Crippen molar-refractivity contribution in [2.75, 3.05) is 36.6 Å². The van der Waals surface area contributed by atoms with Crippen molar-refractivity contribution in [3.63, 3.8) is 0 Å². The van der Waals surface area contributed by atoms with E-state index in [9.17, 15) is 9.59 Å². The molecule has 0 aliphatic carbocycles.